The van der Waals surface area contributed by atoms with E-state index >= 15 is 0 Å². The summed E-state index contributed by atoms with van der Waals surface area (Å²) in [5.74, 6) is -0.863. The van der Waals surface area contributed by atoms with Crippen LogP contribution in [0.5, 0.6) is 5.75 Å². The van der Waals surface area contributed by atoms with Crippen LogP contribution < -0.4 is 10.4 Å². The highest BCUT2D eigenvalue weighted by Crippen LogP contribution is 2.51. The van der Waals surface area contributed by atoms with Gasteiger partial charge in [-0.1, -0.05) is 160 Å². The van der Waals surface area contributed by atoms with Gasteiger partial charge in [0.2, 0.25) is 11.8 Å². The average Bonchev–Trinajstić information content (AvgIpc) is 3.83. The Kier molecular flexibility index (Phi) is 12.5. The fraction of sp³-hybridized carbons (Fsp3) is 0.345. The first-order valence-corrected chi connectivity index (χ1v) is 24.8. The van der Waals surface area contributed by atoms with Crippen molar-refractivity contribution in [1.82, 2.24) is 9.80 Å². The number of aromatic hydroxyl groups is 1. The molecule has 0 bridgehead atoms. The molecule has 3 fully saturated rings. The first kappa shape index (κ1) is 42.9. The molecule has 4 atom stereocenters. The van der Waals surface area contributed by atoms with Gasteiger partial charge in [-0.2, -0.15) is 0 Å². The zero-order valence-corrected chi connectivity index (χ0v) is 37.9. The second-order valence-electron chi connectivity index (χ2n) is 19.0. The molecule has 9 rings (SSSR count). The third-order valence-corrected chi connectivity index (χ3v) is 19.1. The summed E-state index contributed by atoms with van der Waals surface area (Å²) < 4.78 is 14.5. The van der Waals surface area contributed by atoms with Crippen LogP contribution >= 0.6 is 0 Å². The fourth-order valence-electron chi connectivity index (χ4n) is 11.2. The lowest BCUT2D eigenvalue weighted by Gasteiger charge is -2.44. The van der Waals surface area contributed by atoms with Gasteiger partial charge >= 0.3 is 0 Å². The highest BCUT2D eigenvalue weighted by Gasteiger charge is 2.59. The van der Waals surface area contributed by atoms with E-state index in [1.165, 1.54) is 21.5 Å². The van der Waals surface area contributed by atoms with E-state index < -0.39 is 20.2 Å². The number of rotatable bonds is 13. The summed E-state index contributed by atoms with van der Waals surface area (Å²) >= 11 is 0. The first-order valence-electron chi connectivity index (χ1n) is 22.9. The van der Waals surface area contributed by atoms with Gasteiger partial charge in [0.05, 0.1) is 31.2 Å². The second kappa shape index (κ2) is 18.4. The van der Waals surface area contributed by atoms with Gasteiger partial charge in [0.25, 0.3) is 8.32 Å². The maximum Gasteiger partial charge on any atom is 0.261 e. The zero-order valence-electron chi connectivity index (χ0n) is 36.9. The highest BCUT2D eigenvalue weighted by atomic mass is 28.4. The normalized spacial score (nSPS) is 22.4. The minimum atomic E-state index is -2.94. The van der Waals surface area contributed by atoms with Crippen LogP contribution in [0.3, 0.4) is 0 Å². The SMILES string of the molecule is CC(C)(C)[Si](OCC1=C2[C@@H](CC/C(=C/c3cccc(O)c3)c3ccccc3)OC[C@@H]2[C@@H]2C(=O)N(C3CCN(Cc4ccccc4)CC3)C(=O)[C@@H]2C1)(c1ccccc1)c1ccccc1. The summed E-state index contributed by atoms with van der Waals surface area (Å²) in [7, 11) is -2.94. The molecule has 0 aromatic heterocycles. The maximum absolute atomic E-state index is 14.8. The number of likely N-dealkylation sites (tertiary alicyclic amines) is 2. The van der Waals surface area contributed by atoms with Gasteiger partial charge in [0, 0.05) is 31.6 Å². The smallest absolute Gasteiger partial charge is 0.261 e. The Bertz CT molecular complexity index is 2400. The molecule has 1 N–H and O–H groups in total. The molecule has 5 aromatic rings. The Balaban J connectivity index is 1.05. The van der Waals surface area contributed by atoms with Gasteiger partial charge in [-0.15, -0.1) is 0 Å². The standard InChI is InChI=1S/C55H60N2O5Si/c1-55(2,3)63(46-23-12-6-13-24-46,47-25-14-7-15-26-47)62-37-43-35-48-52(54(60)57(53(48)59)44-29-31-56(32-30-44)36-39-17-8-4-9-18-39)49-38-61-50(51(43)49)28-27-42(41-20-10-5-11-21-41)33-40-19-16-22-45(58)34-40/h4-26,33-34,44,48-50,52,58H,27-32,35-38H2,1-3H3/b42-33-/t48-,49+,50-,52-/m1/s1. The molecule has 0 saturated carbocycles. The van der Waals surface area contributed by atoms with E-state index in [-0.39, 0.29) is 40.7 Å². The van der Waals surface area contributed by atoms with Crippen LogP contribution in [0, 0.1) is 17.8 Å². The molecule has 324 valence electrons. The third kappa shape index (κ3) is 8.66. The van der Waals surface area contributed by atoms with Crippen LogP contribution in [0.2, 0.25) is 5.04 Å². The molecule has 4 aliphatic rings. The number of hydrogen-bond acceptors (Lipinski definition) is 6. The lowest BCUT2D eigenvalue weighted by atomic mass is 9.69. The molecule has 0 unspecified atom stereocenters. The molecule has 3 heterocycles. The number of phenolic OH excluding ortho intramolecular Hbond substituents is 1. The lowest BCUT2D eigenvalue weighted by molar-refractivity contribution is -0.144. The number of piperidine rings is 1. The molecule has 63 heavy (non-hydrogen) atoms. The Morgan fingerprint density at radius 2 is 1.40 bits per heavy atom. The predicted molar refractivity (Wildman–Crippen MR) is 254 cm³/mol. The van der Waals surface area contributed by atoms with E-state index in [0.717, 1.165) is 61.2 Å². The highest BCUT2D eigenvalue weighted by molar-refractivity contribution is 6.99. The van der Waals surface area contributed by atoms with Gasteiger partial charge in [-0.05, 0) is 93.1 Å². The van der Waals surface area contributed by atoms with E-state index in [0.29, 0.717) is 26.1 Å². The van der Waals surface area contributed by atoms with Crippen molar-refractivity contribution in [3.63, 3.8) is 0 Å². The first-order chi connectivity index (χ1) is 30.6. The van der Waals surface area contributed by atoms with Crippen molar-refractivity contribution in [2.75, 3.05) is 26.3 Å². The number of amides is 2. The largest absolute Gasteiger partial charge is 0.508 e. The van der Waals surface area contributed by atoms with Crippen LogP contribution in [-0.2, 0) is 25.3 Å². The van der Waals surface area contributed by atoms with Crippen molar-refractivity contribution in [2.24, 2.45) is 17.8 Å². The lowest BCUT2D eigenvalue weighted by Crippen LogP contribution is -2.66. The molecule has 8 heteroatoms. The number of phenols is 1. The van der Waals surface area contributed by atoms with E-state index in [2.05, 4.69) is 141 Å². The van der Waals surface area contributed by atoms with Gasteiger partial charge in [0.1, 0.15) is 5.75 Å². The van der Waals surface area contributed by atoms with Gasteiger partial charge < -0.3 is 14.3 Å². The number of allylic oxidation sites excluding steroid dienone is 1. The van der Waals surface area contributed by atoms with E-state index in [9.17, 15) is 14.7 Å². The van der Waals surface area contributed by atoms with Crippen LogP contribution in [0.25, 0.3) is 11.6 Å². The number of imide groups is 1. The molecular formula is C55H60N2O5Si. The summed E-state index contributed by atoms with van der Waals surface area (Å²) in [6.07, 6.45) is 5.41. The van der Waals surface area contributed by atoms with Crippen molar-refractivity contribution in [1.29, 1.82) is 0 Å². The molecule has 2 amide bonds. The molecule has 7 nitrogen and oxygen atoms in total. The molecular weight excluding hydrogens is 797 g/mol. The summed E-state index contributed by atoms with van der Waals surface area (Å²) in [6.45, 7) is 10.2. The molecule has 3 saturated heterocycles. The van der Waals surface area contributed by atoms with Crippen LogP contribution in [-0.4, -0.2) is 73.5 Å². The van der Waals surface area contributed by atoms with Gasteiger partial charge in [0.15, 0.2) is 0 Å². The van der Waals surface area contributed by atoms with E-state index in [4.69, 9.17) is 9.16 Å². The molecule has 3 aliphatic heterocycles. The Hall–Kier alpha value is -5.38. The molecule has 0 radical (unpaired) electrons. The number of nitrogens with zero attached hydrogens (tertiary/aromatic N) is 2. The predicted octanol–water partition coefficient (Wildman–Crippen LogP) is 9.27. The number of carbonyl (C=O) groups is 2. The summed E-state index contributed by atoms with van der Waals surface area (Å²) in [6, 6.07) is 49.6. The minimum Gasteiger partial charge on any atom is -0.508 e. The number of carbonyl (C=O) groups excluding carboxylic acids is 2. The number of hydrogen-bond donors (Lipinski definition) is 1. The van der Waals surface area contributed by atoms with Gasteiger partial charge in [-0.25, -0.2) is 0 Å². The summed E-state index contributed by atoms with van der Waals surface area (Å²) in [4.78, 5) is 33.8. The van der Waals surface area contributed by atoms with E-state index in [1.54, 1.807) is 17.0 Å². The quantitative estimate of drug-likeness (QED) is 0.0551. The molecule has 1 aliphatic carbocycles. The number of fused-ring (bicyclic) bond motifs is 3. The molecule has 5 aromatic carbocycles. The zero-order chi connectivity index (χ0) is 43.6. The van der Waals surface area contributed by atoms with Crippen LogP contribution in [0.15, 0.2) is 157 Å². The summed E-state index contributed by atoms with van der Waals surface area (Å²) in [5, 5.41) is 12.5. The number of benzene rings is 5. The monoisotopic (exact) mass is 856 g/mol. The number of ether oxygens (including phenoxy) is 1. The maximum atomic E-state index is 14.8. The summed E-state index contributed by atoms with van der Waals surface area (Å²) in [5.41, 5.74) is 6.76. The minimum absolute atomic E-state index is 0.0148. The molecule has 0 spiro atoms. The second-order valence-corrected chi connectivity index (χ2v) is 23.3. The Morgan fingerprint density at radius 1 is 0.778 bits per heavy atom. The topological polar surface area (TPSA) is 79.3 Å². The van der Waals surface area contributed by atoms with Crippen LogP contribution in [0.4, 0.5) is 0 Å². The van der Waals surface area contributed by atoms with Crippen molar-refractivity contribution < 1.29 is 23.9 Å². The Labute approximate surface area is 374 Å². The van der Waals surface area contributed by atoms with Gasteiger partial charge in [-0.3, -0.25) is 19.4 Å². The third-order valence-electron chi connectivity index (χ3n) is 14.1. The van der Waals surface area contributed by atoms with E-state index in [1.807, 2.05) is 24.3 Å². The van der Waals surface area contributed by atoms with Crippen molar-refractivity contribution >= 4 is 42.2 Å². The fourth-order valence-corrected chi connectivity index (χ4v) is 15.7. The van der Waals surface area contributed by atoms with Crippen LogP contribution in [0.1, 0.15) is 69.6 Å². The van der Waals surface area contributed by atoms with Crippen molar-refractivity contribution in [3.05, 3.63) is 173 Å². The van der Waals surface area contributed by atoms with Crippen molar-refractivity contribution in [3.8, 4) is 5.75 Å². The Morgan fingerprint density at radius 3 is 2.02 bits per heavy atom. The van der Waals surface area contributed by atoms with Crippen molar-refractivity contribution in [2.45, 2.75) is 76.6 Å². The average molecular weight is 857 g/mol.